The monoisotopic (exact) mass is 280 g/mol. The molecule has 1 aromatic heterocycles. The minimum Gasteiger partial charge on any atom is -0.392 e. The van der Waals surface area contributed by atoms with E-state index in [9.17, 15) is 5.11 Å². The zero-order valence-electron chi connectivity index (χ0n) is 11.7. The highest BCUT2D eigenvalue weighted by molar-refractivity contribution is 6.30. The lowest BCUT2D eigenvalue weighted by atomic mass is 10.00. The normalized spacial score (nSPS) is 19.2. The summed E-state index contributed by atoms with van der Waals surface area (Å²) in [6.07, 6.45) is 6.88. The van der Waals surface area contributed by atoms with Crippen LogP contribution in [0.25, 0.3) is 0 Å². The Balaban J connectivity index is 2.06. The average Bonchev–Trinajstić information content (AvgIpc) is 2.79. The molecular weight excluding hydrogens is 260 g/mol. The summed E-state index contributed by atoms with van der Waals surface area (Å²) in [5.74, 6) is 0.443. The van der Waals surface area contributed by atoms with Gasteiger partial charge in [0.2, 0.25) is 0 Å². The lowest BCUT2D eigenvalue weighted by Crippen LogP contribution is -2.37. The van der Waals surface area contributed by atoms with E-state index in [0.29, 0.717) is 10.9 Å². The van der Waals surface area contributed by atoms with Crippen molar-refractivity contribution in [2.24, 2.45) is 5.92 Å². The second-order valence-electron chi connectivity index (χ2n) is 6.05. The van der Waals surface area contributed by atoms with Gasteiger partial charge in [-0.1, -0.05) is 17.7 Å². The van der Waals surface area contributed by atoms with Gasteiger partial charge in [-0.15, -0.1) is 0 Å². The minimum absolute atomic E-state index is 0.0116. The minimum atomic E-state index is -0.0116. The lowest BCUT2D eigenvalue weighted by Gasteiger charge is -2.32. The maximum absolute atomic E-state index is 9.37. The molecule has 0 saturated carbocycles. The van der Waals surface area contributed by atoms with E-state index in [4.69, 9.17) is 11.6 Å². The third kappa shape index (κ3) is 3.48. The predicted molar refractivity (Wildman–Crippen MR) is 78.0 cm³/mol. The predicted octanol–water partition coefficient (Wildman–Crippen LogP) is 3.01. The average molecular weight is 281 g/mol. The quantitative estimate of drug-likeness (QED) is 0.925. The molecule has 19 heavy (non-hydrogen) atoms. The summed E-state index contributed by atoms with van der Waals surface area (Å²) in [5.41, 5.74) is 1.92. The third-order valence-electron chi connectivity index (χ3n) is 3.48. The van der Waals surface area contributed by atoms with Crippen molar-refractivity contribution in [2.45, 2.75) is 39.3 Å². The van der Waals surface area contributed by atoms with Gasteiger partial charge in [-0.3, -0.25) is 4.98 Å². The summed E-state index contributed by atoms with van der Waals surface area (Å²) in [6, 6.07) is 1.80. The van der Waals surface area contributed by atoms with Crippen molar-refractivity contribution < 1.29 is 5.11 Å². The molecule has 1 aromatic rings. The van der Waals surface area contributed by atoms with E-state index in [1.807, 2.05) is 0 Å². The number of hydrogen-bond donors (Lipinski definition) is 1. The highest BCUT2D eigenvalue weighted by Crippen LogP contribution is 2.25. The molecule has 0 radical (unpaired) electrons. The molecule has 1 unspecified atom stereocenters. The van der Waals surface area contributed by atoms with Crippen molar-refractivity contribution in [3.8, 4) is 0 Å². The molecule has 0 fully saturated rings. The molecule has 3 nitrogen and oxygen atoms in total. The fourth-order valence-corrected chi connectivity index (χ4v) is 2.49. The van der Waals surface area contributed by atoms with Crippen LogP contribution in [0, 0.1) is 5.92 Å². The van der Waals surface area contributed by atoms with Crippen LogP contribution in [-0.2, 0) is 13.0 Å². The van der Waals surface area contributed by atoms with Crippen LogP contribution in [0.2, 0.25) is 5.02 Å². The van der Waals surface area contributed by atoms with Gasteiger partial charge in [0.15, 0.2) is 0 Å². The van der Waals surface area contributed by atoms with E-state index in [1.54, 1.807) is 12.3 Å². The molecule has 2 rings (SSSR count). The summed E-state index contributed by atoms with van der Waals surface area (Å²) in [6.45, 7) is 7.61. The van der Waals surface area contributed by atoms with Crippen LogP contribution in [0.3, 0.4) is 0 Å². The zero-order chi connectivity index (χ0) is 14.0. The largest absolute Gasteiger partial charge is 0.392 e. The number of aromatic nitrogens is 1. The Morgan fingerprint density at radius 1 is 1.47 bits per heavy atom. The first-order valence-electron chi connectivity index (χ1n) is 6.59. The van der Waals surface area contributed by atoms with E-state index < -0.39 is 0 Å². The zero-order valence-corrected chi connectivity index (χ0v) is 12.5. The number of aliphatic hydroxyl groups excluding tert-OH is 1. The van der Waals surface area contributed by atoms with Gasteiger partial charge < -0.3 is 10.0 Å². The van der Waals surface area contributed by atoms with Crippen LogP contribution in [-0.4, -0.2) is 27.1 Å². The number of halogens is 1. The van der Waals surface area contributed by atoms with Crippen molar-refractivity contribution in [1.82, 2.24) is 9.88 Å². The first-order chi connectivity index (χ1) is 8.90. The third-order valence-corrected chi connectivity index (χ3v) is 3.69. The number of pyridine rings is 1. The Bertz CT molecular complexity index is 480. The molecule has 2 heterocycles. The highest BCUT2D eigenvalue weighted by atomic mass is 35.5. The van der Waals surface area contributed by atoms with Crippen molar-refractivity contribution in [2.75, 3.05) is 6.54 Å². The van der Waals surface area contributed by atoms with Gasteiger partial charge in [-0.25, -0.2) is 0 Å². The Labute approximate surface area is 119 Å². The SMILES string of the molecule is CC(C)(C)N1C=CC(Cc2ncc(Cl)cc2CO)C1. The molecule has 0 amide bonds. The van der Waals surface area contributed by atoms with Crippen LogP contribution < -0.4 is 0 Å². The van der Waals surface area contributed by atoms with E-state index >= 15 is 0 Å². The second kappa shape index (κ2) is 5.51. The van der Waals surface area contributed by atoms with E-state index in [2.05, 4.69) is 42.9 Å². The first-order valence-corrected chi connectivity index (χ1v) is 6.97. The molecule has 0 aliphatic carbocycles. The van der Waals surface area contributed by atoms with Crippen molar-refractivity contribution in [3.05, 3.63) is 40.8 Å². The van der Waals surface area contributed by atoms with Gasteiger partial charge in [0.1, 0.15) is 0 Å². The van der Waals surface area contributed by atoms with Crippen molar-refractivity contribution in [3.63, 3.8) is 0 Å². The maximum atomic E-state index is 9.37. The van der Waals surface area contributed by atoms with Crippen molar-refractivity contribution in [1.29, 1.82) is 0 Å². The number of hydrogen-bond acceptors (Lipinski definition) is 3. The molecule has 0 saturated heterocycles. The van der Waals surface area contributed by atoms with Gasteiger partial charge in [0.25, 0.3) is 0 Å². The Morgan fingerprint density at radius 2 is 2.21 bits per heavy atom. The van der Waals surface area contributed by atoms with E-state index in [-0.39, 0.29) is 12.1 Å². The Kier molecular flexibility index (Phi) is 4.16. The van der Waals surface area contributed by atoms with Crippen LogP contribution in [0.15, 0.2) is 24.5 Å². The number of nitrogens with zero attached hydrogens (tertiary/aromatic N) is 2. The van der Waals surface area contributed by atoms with E-state index in [1.165, 1.54) is 0 Å². The Hall–Kier alpha value is -1.06. The lowest BCUT2D eigenvalue weighted by molar-refractivity contribution is 0.206. The highest BCUT2D eigenvalue weighted by Gasteiger charge is 2.25. The molecule has 0 spiro atoms. The van der Waals surface area contributed by atoms with Gasteiger partial charge in [0.05, 0.1) is 11.6 Å². The molecule has 1 aliphatic heterocycles. The molecule has 104 valence electrons. The first kappa shape index (κ1) is 14.4. The Morgan fingerprint density at radius 3 is 2.79 bits per heavy atom. The summed E-state index contributed by atoms with van der Waals surface area (Å²) in [7, 11) is 0. The van der Waals surface area contributed by atoms with Gasteiger partial charge in [-0.2, -0.15) is 0 Å². The van der Waals surface area contributed by atoms with Crippen molar-refractivity contribution >= 4 is 11.6 Å². The van der Waals surface area contributed by atoms with Gasteiger partial charge in [0, 0.05) is 35.5 Å². The molecule has 0 bridgehead atoms. The maximum Gasteiger partial charge on any atom is 0.0700 e. The summed E-state index contributed by atoms with van der Waals surface area (Å²) < 4.78 is 0. The van der Waals surface area contributed by atoms with Crippen LogP contribution in [0.1, 0.15) is 32.0 Å². The van der Waals surface area contributed by atoms with Gasteiger partial charge >= 0.3 is 0 Å². The molecular formula is C15H21ClN2O. The van der Waals surface area contributed by atoms with Crippen LogP contribution >= 0.6 is 11.6 Å². The number of aliphatic hydroxyl groups is 1. The fraction of sp³-hybridized carbons (Fsp3) is 0.533. The topological polar surface area (TPSA) is 36.4 Å². The standard InChI is InChI=1S/C15H21ClN2O/c1-15(2,3)18-5-4-11(9-18)6-14-12(10-19)7-13(16)8-17-14/h4-5,7-8,11,19H,6,9-10H2,1-3H3. The molecule has 0 aromatic carbocycles. The molecule has 1 aliphatic rings. The molecule has 1 N–H and O–H groups in total. The van der Waals surface area contributed by atoms with Crippen LogP contribution in [0.4, 0.5) is 0 Å². The fourth-order valence-electron chi connectivity index (χ4n) is 2.31. The molecule has 1 atom stereocenters. The number of rotatable bonds is 3. The van der Waals surface area contributed by atoms with Gasteiger partial charge in [-0.05, 0) is 39.5 Å². The van der Waals surface area contributed by atoms with Crippen LogP contribution in [0.5, 0.6) is 0 Å². The smallest absolute Gasteiger partial charge is 0.0700 e. The summed E-state index contributed by atoms with van der Waals surface area (Å²) >= 11 is 5.90. The summed E-state index contributed by atoms with van der Waals surface area (Å²) in [5, 5.41) is 9.95. The molecule has 4 heteroatoms. The van der Waals surface area contributed by atoms with E-state index in [0.717, 1.165) is 24.2 Å². The second-order valence-corrected chi connectivity index (χ2v) is 6.48. The summed E-state index contributed by atoms with van der Waals surface area (Å²) in [4.78, 5) is 6.69.